The van der Waals surface area contributed by atoms with Crippen LogP contribution in [-0.2, 0) is 4.79 Å². The monoisotopic (exact) mass is 212 g/mol. The van der Waals surface area contributed by atoms with Gasteiger partial charge in [0.25, 0.3) is 0 Å². The van der Waals surface area contributed by atoms with Gasteiger partial charge < -0.3 is 10.6 Å². The zero-order valence-electron chi connectivity index (χ0n) is 10.2. The SMILES string of the molecule is CCCC(N)C(=O)N1C(C)CCCC1C. The highest BCUT2D eigenvalue weighted by molar-refractivity contribution is 5.82. The van der Waals surface area contributed by atoms with E-state index in [1.807, 2.05) is 4.90 Å². The molecule has 15 heavy (non-hydrogen) atoms. The Labute approximate surface area is 93.0 Å². The van der Waals surface area contributed by atoms with Gasteiger partial charge in [0.2, 0.25) is 5.91 Å². The maximum Gasteiger partial charge on any atom is 0.239 e. The molecule has 0 spiro atoms. The van der Waals surface area contributed by atoms with Crippen molar-refractivity contribution in [2.75, 3.05) is 0 Å². The largest absolute Gasteiger partial charge is 0.336 e. The van der Waals surface area contributed by atoms with Gasteiger partial charge in [-0.05, 0) is 39.5 Å². The summed E-state index contributed by atoms with van der Waals surface area (Å²) in [4.78, 5) is 14.1. The average Bonchev–Trinajstić information content (AvgIpc) is 2.17. The van der Waals surface area contributed by atoms with Crippen molar-refractivity contribution in [3.8, 4) is 0 Å². The molecule has 1 fully saturated rings. The molecule has 3 nitrogen and oxygen atoms in total. The van der Waals surface area contributed by atoms with E-state index in [1.54, 1.807) is 0 Å². The summed E-state index contributed by atoms with van der Waals surface area (Å²) in [5.41, 5.74) is 5.89. The van der Waals surface area contributed by atoms with Crippen molar-refractivity contribution >= 4 is 5.91 Å². The average molecular weight is 212 g/mol. The quantitative estimate of drug-likeness (QED) is 0.776. The second-order valence-electron chi connectivity index (χ2n) is 4.77. The number of likely N-dealkylation sites (tertiary alicyclic amines) is 1. The van der Waals surface area contributed by atoms with Gasteiger partial charge in [-0.3, -0.25) is 4.79 Å². The first kappa shape index (κ1) is 12.5. The van der Waals surface area contributed by atoms with Crippen molar-refractivity contribution in [1.82, 2.24) is 4.90 Å². The minimum Gasteiger partial charge on any atom is -0.336 e. The summed E-state index contributed by atoms with van der Waals surface area (Å²) in [7, 11) is 0. The molecule has 0 radical (unpaired) electrons. The number of hydrogen-bond acceptors (Lipinski definition) is 2. The molecule has 1 aliphatic rings. The van der Waals surface area contributed by atoms with Crippen molar-refractivity contribution in [3.63, 3.8) is 0 Å². The Balaban J connectivity index is 2.62. The molecule has 1 amide bonds. The second kappa shape index (κ2) is 5.50. The van der Waals surface area contributed by atoms with Crippen LogP contribution in [0.2, 0.25) is 0 Å². The number of carbonyl (C=O) groups is 1. The molecule has 1 saturated heterocycles. The minimum absolute atomic E-state index is 0.150. The number of amides is 1. The summed E-state index contributed by atoms with van der Waals surface area (Å²) in [6, 6.07) is 0.436. The van der Waals surface area contributed by atoms with E-state index in [9.17, 15) is 4.79 Å². The second-order valence-corrected chi connectivity index (χ2v) is 4.77. The van der Waals surface area contributed by atoms with Crippen LogP contribution >= 0.6 is 0 Å². The maximum absolute atomic E-state index is 12.1. The van der Waals surface area contributed by atoms with E-state index in [2.05, 4.69) is 20.8 Å². The molecule has 0 aromatic rings. The van der Waals surface area contributed by atoms with Gasteiger partial charge in [-0.1, -0.05) is 13.3 Å². The molecule has 3 atom stereocenters. The number of nitrogens with zero attached hydrogens (tertiary/aromatic N) is 1. The van der Waals surface area contributed by atoms with Crippen LogP contribution < -0.4 is 5.73 Å². The van der Waals surface area contributed by atoms with E-state index in [1.165, 1.54) is 6.42 Å². The standard InChI is InChI=1S/C12H24N2O/c1-4-6-11(13)12(15)14-9(2)7-5-8-10(14)3/h9-11H,4-8,13H2,1-3H3. The lowest BCUT2D eigenvalue weighted by molar-refractivity contribution is -0.138. The molecule has 3 heteroatoms. The van der Waals surface area contributed by atoms with Gasteiger partial charge in [0.15, 0.2) is 0 Å². The molecular formula is C12H24N2O. The Kier molecular flexibility index (Phi) is 4.58. The number of hydrogen-bond donors (Lipinski definition) is 1. The van der Waals surface area contributed by atoms with Gasteiger partial charge in [-0.2, -0.15) is 0 Å². The van der Waals surface area contributed by atoms with Crippen molar-refractivity contribution in [2.24, 2.45) is 5.73 Å². The van der Waals surface area contributed by atoms with Gasteiger partial charge in [0.1, 0.15) is 0 Å². The number of piperidine rings is 1. The van der Waals surface area contributed by atoms with E-state index in [-0.39, 0.29) is 11.9 Å². The lowest BCUT2D eigenvalue weighted by atomic mass is 9.96. The maximum atomic E-state index is 12.1. The Hall–Kier alpha value is -0.570. The summed E-state index contributed by atoms with van der Waals surface area (Å²) in [6.45, 7) is 6.33. The molecule has 0 aromatic carbocycles. The van der Waals surface area contributed by atoms with Crippen molar-refractivity contribution in [1.29, 1.82) is 0 Å². The first-order valence-corrected chi connectivity index (χ1v) is 6.15. The van der Waals surface area contributed by atoms with Gasteiger partial charge in [-0.25, -0.2) is 0 Å². The first-order chi connectivity index (χ1) is 7.07. The zero-order chi connectivity index (χ0) is 11.4. The number of nitrogens with two attached hydrogens (primary N) is 1. The molecule has 88 valence electrons. The Bertz CT molecular complexity index is 208. The van der Waals surface area contributed by atoms with Crippen LogP contribution in [0.15, 0.2) is 0 Å². The molecule has 0 saturated carbocycles. The predicted molar refractivity (Wildman–Crippen MR) is 62.5 cm³/mol. The van der Waals surface area contributed by atoms with Crippen molar-refractivity contribution < 1.29 is 4.79 Å². The van der Waals surface area contributed by atoms with Gasteiger partial charge in [0, 0.05) is 12.1 Å². The molecule has 1 aliphatic heterocycles. The van der Waals surface area contributed by atoms with Crippen LogP contribution in [-0.4, -0.2) is 28.9 Å². The van der Waals surface area contributed by atoms with Gasteiger partial charge in [0.05, 0.1) is 6.04 Å². The molecule has 3 unspecified atom stereocenters. The molecule has 1 rings (SSSR count). The van der Waals surface area contributed by atoms with Gasteiger partial charge >= 0.3 is 0 Å². The van der Waals surface area contributed by atoms with E-state index in [0.29, 0.717) is 12.1 Å². The third-order valence-electron chi connectivity index (χ3n) is 3.36. The fraction of sp³-hybridized carbons (Fsp3) is 0.917. The molecule has 0 bridgehead atoms. The third-order valence-corrected chi connectivity index (χ3v) is 3.36. The third kappa shape index (κ3) is 2.94. The van der Waals surface area contributed by atoms with Crippen LogP contribution in [0.4, 0.5) is 0 Å². The summed E-state index contributed by atoms with van der Waals surface area (Å²) in [5.74, 6) is 0.150. The Morgan fingerprint density at radius 3 is 2.40 bits per heavy atom. The topological polar surface area (TPSA) is 46.3 Å². The Morgan fingerprint density at radius 2 is 1.93 bits per heavy atom. The molecule has 1 heterocycles. The van der Waals surface area contributed by atoms with Crippen LogP contribution in [0.5, 0.6) is 0 Å². The van der Waals surface area contributed by atoms with Crippen LogP contribution in [0.25, 0.3) is 0 Å². The molecule has 2 N–H and O–H groups in total. The highest BCUT2D eigenvalue weighted by Gasteiger charge is 2.31. The zero-order valence-corrected chi connectivity index (χ0v) is 10.2. The fourth-order valence-corrected chi connectivity index (χ4v) is 2.48. The Morgan fingerprint density at radius 1 is 1.40 bits per heavy atom. The van der Waals surface area contributed by atoms with Crippen LogP contribution in [0, 0.1) is 0 Å². The van der Waals surface area contributed by atoms with Crippen LogP contribution in [0.3, 0.4) is 0 Å². The van der Waals surface area contributed by atoms with E-state index < -0.39 is 0 Å². The molecular weight excluding hydrogens is 188 g/mol. The van der Waals surface area contributed by atoms with Crippen LogP contribution in [0.1, 0.15) is 52.9 Å². The smallest absolute Gasteiger partial charge is 0.239 e. The summed E-state index contributed by atoms with van der Waals surface area (Å²) in [5, 5.41) is 0. The van der Waals surface area contributed by atoms with E-state index >= 15 is 0 Å². The minimum atomic E-state index is -0.294. The number of rotatable bonds is 3. The van der Waals surface area contributed by atoms with Gasteiger partial charge in [-0.15, -0.1) is 0 Å². The molecule has 0 aromatic heterocycles. The van der Waals surface area contributed by atoms with Crippen molar-refractivity contribution in [2.45, 2.75) is 71.0 Å². The predicted octanol–water partition coefficient (Wildman–Crippen LogP) is 1.90. The first-order valence-electron chi connectivity index (χ1n) is 6.15. The lowest BCUT2D eigenvalue weighted by Gasteiger charge is -2.40. The summed E-state index contributed by atoms with van der Waals surface area (Å²) >= 11 is 0. The summed E-state index contributed by atoms with van der Waals surface area (Å²) < 4.78 is 0. The molecule has 0 aliphatic carbocycles. The highest BCUT2D eigenvalue weighted by atomic mass is 16.2. The van der Waals surface area contributed by atoms with E-state index in [0.717, 1.165) is 25.7 Å². The van der Waals surface area contributed by atoms with Crippen molar-refractivity contribution in [3.05, 3.63) is 0 Å². The van der Waals surface area contributed by atoms with E-state index in [4.69, 9.17) is 5.73 Å². The normalized spacial score (nSPS) is 28.9. The number of carbonyl (C=O) groups excluding carboxylic acids is 1. The summed E-state index contributed by atoms with van der Waals surface area (Å²) in [6.07, 6.45) is 5.25. The fourth-order valence-electron chi connectivity index (χ4n) is 2.48. The lowest BCUT2D eigenvalue weighted by Crippen LogP contribution is -2.53. The highest BCUT2D eigenvalue weighted by Crippen LogP contribution is 2.23.